The molecule has 3 aromatic rings. The molecule has 0 unspecified atom stereocenters. The van der Waals surface area contributed by atoms with E-state index in [4.69, 9.17) is 11.6 Å². The fraction of sp³-hybridized carbons (Fsp3) is 0.143. The van der Waals surface area contributed by atoms with Crippen LogP contribution < -0.4 is 10.0 Å². The van der Waals surface area contributed by atoms with E-state index in [1.54, 1.807) is 31.2 Å². The van der Waals surface area contributed by atoms with Crippen molar-refractivity contribution in [2.45, 2.75) is 12.7 Å². The zero-order valence-electron chi connectivity index (χ0n) is 16.6. The van der Waals surface area contributed by atoms with Crippen molar-refractivity contribution in [1.29, 1.82) is 0 Å². The molecule has 0 radical (unpaired) electrons. The van der Waals surface area contributed by atoms with Gasteiger partial charge in [-0.15, -0.1) is 6.58 Å². The van der Waals surface area contributed by atoms with Crippen LogP contribution in [0, 0.1) is 12.7 Å². The van der Waals surface area contributed by atoms with Crippen molar-refractivity contribution < 1.29 is 17.6 Å². The van der Waals surface area contributed by atoms with E-state index < -0.39 is 21.7 Å². The minimum absolute atomic E-state index is 0.0950. The summed E-state index contributed by atoms with van der Waals surface area (Å²) in [6.45, 7) is 5.27. The highest BCUT2D eigenvalue weighted by molar-refractivity contribution is 7.88. The number of nitrogens with one attached hydrogen (secondary N) is 2. The Morgan fingerprint density at radius 1 is 1.19 bits per heavy atom. The van der Waals surface area contributed by atoms with Gasteiger partial charge in [-0.05, 0) is 48.9 Å². The quantitative estimate of drug-likeness (QED) is 0.497. The molecule has 1 amide bonds. The van der Waals surface area contributed by atoms with Crippen molar-refractivity contribution in [3.05, 3.63) is 89.0 Å². The second-order valence-corrected chi connectivity index (χ2v) is 8.85. The molecule has 0 saturated heterocycles. The molecular formula is C21H20ClFN4O3S. The summed E-state index contributed by atoms with van der Waals surface area (Å²) >= 11 is 6.37. The maximum atomic E-state index is 13.2. The fourth-order valence-corrected chi connectivity index (χ4v) is 4.31. The van der Waals surface area contributed by atoms with Crippen molar-refractivity contribution in [3.63, 3.8) is 0 Å². The summed E-state index contributed by atoms with van der Waals surface area (Å²) < 4.78 is 40.8. The highest BCUT2D eigenvalue weighted by Crippen LogP contribution is 2.25. The van der Waals surface area contributed by atoms with Crippen LogP contribution in [0.5, 0.6) is 0 Å². The molecule has 0 bridgehead atoms. The molecule has 2 aromatic carbocycles. The van der Waals surface area contributed by atoms with Crippen molar-refractivity contribution >= 4 is 33.2 Å². The lowest BCUT2D eigenvalue weighted by atomic mass is 10.2. The van der Waals surface area contributed by atoms with Crippen LogP contribution in [0.1, 0.15) is 21.6 Å². The number of carbonyl (C=O) groups excluding carboxylic acids is 1. The van der Waals surface area contributed by atoms with E-state index in [1.165, 1.54) is 35.0 Å². The molecule has 0 aliphatic carbocycles. The molecule has 0 saturated carbocycles. The number of anilines is 1. The lowest BCUT2D eigenvalue weighted by Crippen LogP contribution is -2.25. The normalized spacial score (nSPS) is 11.3. The first-order valence-electron chi connectivity index (χ1n) is 9.20. The van der Waals surface area contributed by atoms with Crippen molar-refractivity contribution in [2.75, 3.05) is 11.9 Å². The number of aromatic nitrogens is 2. The molecule has 0 aliphatic heterocycles. The summed E-state index contributed by atoms with van der Waals surface area (Å²) in [5.41, 5.74) is 2.14. The van der Waals surface area contributed by atoms with Gasteiger partial charge in [0.1, 0.15) is 16.5 Å². The smallest absolute Gasteiger partial charge is 0.260 e. The zero-order chi connectivity index (χ0) is 22.6. The van der Waals surface area contributed by atoms with Gasteiger partial charge in [-0.1, -0.05) is 29.8 Å². The molecule has 31 heavy (non-hydrogen) atoms. The van der Waals surface area contributed by atoms with Gasteiger partial charge in [-0.25, -0.2) is 22.2 Å². The minimum atomic E-state index is -3.47. The summed E-state index contributed by atoms with van der Waals surface area (Å²) in [6, 6.07) is 12.0. The molecule has 10 heteroatoms. The molecule has 1 heterocycles. The van der Waals surface area contributed by atoms with Crippen LogP contribution in [0.2, 0.25) is 5.15 Å². The first-order valence-corrected chi connectivity index (χ1v) is 11.2. The third kappa shape index (κ3) is 5.57. The van der Waals surface area contributed by atoms with E-state index >= 15 is 0 Å². The molecule has 0 atom stereocenters. The molecule has 0 aliphatic rings. The fourth-order valence-electron chi connectivity index (χ4n) is 2.84. The SMILES string of the molecule is C=CCNS(=O)(=O)Cc1ccc(NC(=O)c2c(C)nn(-c3ccc(F)cc3)c2Cl)cc1. The maximum absolute atomic E-state index is 13.2. The van der Waals surface area contributed by atoms with E-state index in [-0.39, 0.29) is 23.0 Å². The Kier molecular flexibility index (Phi) is 6.89. The van der Waals surface area contributed by atoms with Gasteiger partial charge >= 0.3 is 0 Å². The van der Waals surface area contributed by atoms with Crippen LogP contribution >= 0.6 is 11.6 Å². The number of nitrogens with zero attached hydrogens (tertiary/aromatic N) is 2. The largest absolute Gasteiger partial charge is 0.322 e. The summed E-state index contributed by atoms with van der Waals surface area (Å²) in [5, 5.41) is 7.09. The minimum Gasteiger partial charge on any atom is -0.322 e. The summed E-state index contributed by atoms with van der Waals surface area (Å²) in [4.78, 5) is 12.8. The van der Waals surface area contributed by atoms with E-state index in [2.05, 4.69) is 21.7 Å². The van der Waals surface area contributed by atoms with E-state index in [0.29, 0.717) is 22.6 Å². The van der Waals surface area contributed by atoms with Gasteiger partial charge < -0.3 is 5.32 Å². The Hall–Kier alpha value is -3.01. The number of sulfonamides is 1. The predicted octanol–water partition coefficient (Wildman–Crippen LogP) is 3.83. The van der Waals surface area contributed by atoms with Crippen LogP contribution in [0.25, 0.3) is 5.69 Å². The molecule has 7 nitrogen and oxygen atoms in total. The summed E-state index contributed by atoms with van der Waals surface area (Å²) in [7, 11) is -3.47. The first-order chi connectivity index (χ1) is 14.7. The van der Waals surface area contributed by atoms with Crippen LogP contribution in [-0.2, 0) is 15.8 Å². The summed E-state index contributed by atoms with van der Waals surface area (Å²) in [6.07, 6.45) is 1.46. The maximum Gasteiger partial charge on any atom is 0.260 e. The monoisotopic (exact) mass is 462 g/mol. The lowest BCUT2D eigenvalue weighted by molar-refractivity contribution is 0.102. The van der Waals surface area contributed by atoms with E-state index in [1.807, 2.05) is 0 Å². The van der Waals surface area contributed by atoms with Gasteiger partial charge in [0, 0.05) is 12.2 Å². The van der Waals surface area contributed by atoms with Gasteiger partial charge in [-0.3, -0.25) is 4.79 Å². The number of rotatable bonds is 8. The second kappa shape index (κ2) is 9.42. The van der Waals surface area contributed by atoms with E-state index in [9.17, 15) is 17.6 Å². The van der Waals surface area contributed by atoms with Crippen LogP contribution in [0.3, 0.4) is 0 Å². The third-order valence-electron chi connectivity index (χ3n) is 4.32. The van der Waals surface area contributed by atoms with Crippen LogP contribution in [-0.4, -0.2) is 30.7 Å². The third-order valence-corrected chi connectivity index (χ3v) is 5.99. The number of amides is 1. The highest BCUT2D eigenvalue weighted by Gasteiger charge is 2.21. The Morgan fingerprint density at radius 2 is 1.84 bits per heavy atom. The summed E-state index contributed by atoms with van der Waals surface area (Å²) in [5.74, 6) is -1.05. The van der Waals surface area contributed by atoms with Crippen molar-refractivity contribution in [3.8, 4) is 5.69 Å². The van der Waals surface area contributed by atoms with Crippen molar-refractivity contribution in [1.82, 2.24) is 14.5 Å². The standard InChI is InChI=1S/C21H20ClFN4O3S/c1-3-12-24-31(29,30)13-15-4-8-17(9-5-15)25-21(28)19-14(2)26-27(20(19)22)18-10-6-16(23)7-11-18/h3-11,24H,1,12-13H2,2H3,(H,25,28). The predicted molar refractivity (Wildman–Crippen MR) is 118 cm³/mol. The number of hydrogen-bond acceptors (Lipinski definition) is 4. The number of benzene rings is 2. The van der Waals surface area contributed by atoms with Gasteiger partial charge in [0.25, 0.3) is 5.91 Å². The molecule has 3 rings (SSSR count). The Morgan fingerprint density at radius 3 is 2.45 bits per heavy atom. The van der Waals surface area contributed by atoms with Crippen LogP contribution in [0.4, 0.5) is 10.1 Å². The average Bonchev–Trinajstić information content (AvgIpc) is 3.02. The molecular weight excluding hydrogens is 443 g/mol. The number of halogens is 2. The lowest BCUT2D eigenvalue weighted by Gasteiger charge is -2.08. The molecule has 0 spiro atoms. The Bertz CT molecular complexity index is 1210. The second-order valence-electron chi connectivity index (χ2n) is 6.69. The topological polar surface area (TPSA) is 93.1 Å². The first kappa shape index (κ1) is 22.7. The number of carbonyl (C=O) groups is 1. The van der Waals surface area contributed by atoms with Gasteiger partial charge in [-0.2, -0.15) is 5.10 Å². The van der Waals surface area contributed by atoms with E-state index in [0.717, 1.165) is 0 Å². The van der Waals surface area contributed by atoms with Gasteiger partial charge in [0.05, 0.1) is 17.1 Å². The van der Waals surface area contributed by atoms with Gasteiger partial charge in [0.2, 0.25) is 10.0 Å². The molecule has 1 aromatic heterocycles. The Balaban J connectivity index is 1.75. The zero-order valence-corrected chi connectivity index (χ0v) is 18.2. The highest BCUT2D eigenvalue weighted by atomic mass is 35.5. The van der Waals surface area contributed by atoms with Gasteiger partial charge in [0.15, 0.2) is 0 Å². The molecule has 162 valence electrons. The number of aryl methyl sites for hydroxylation is 1. The average molecular weight is 463 g/mol. The van der Waals surface area contributed by atoms with Crippen LogP contribution in [0.15, 0.2) is 61.2 Å². The van der Waals surface area contributed by atoms with Crippen molar-refractivity contribution in [2.24, 2.45) is 0 Å². The molecule has 0 fully saturated rings. The number of hydrogen-bond donors (Lipinski definition) is 2. The molecule has 2 N–H and O–H groups in total. The Labute approximate surface area is 184 Å².